The van der Waals surface area contributed by atoms with Gasteiger partial charge in [0.1, 0.15) is 12.1 Å². The number of ether oxygens (including phenoxy) is 1. The fraction of sp³-hybridized carbons (Fsp3) is 0.350. The third-order valence-corrected chi connectivity index (χ3v) is 5.65. The second-order valence-corrected chi connectivity index (χ2v) is 7.55. The lowest BCUT2D eigenvalue weighted by molar-refractivity contribution is 0.279. The number of methoxy groups -OCH3 is 1. The van der Waals surface area contributed by atoms with E-state index < -0.39 is 0 Å². The van der Waals surface area contributed by atoms with Gasteiger partial charge < -0.3 is 19.9 Å². The molecule has 0 saturated carbocycles. The van der Waals surface area contributed by atoms with Crippen molar-refractivity contribution in [1.29, 1.82) is 0 Å². The average Bonchev–Trinajstić information content (AvgIpc) is 2.74. The predicted molar refractivity (Wildman–Crippen MR) is 108 cm³/mol. The number of fused-ring (bicyclic) bond motifs is 4. The minimum atomic E-state index is -0.00420. The largest absolute Gasteiger partial charge is 0.481 e. The third-order valence-electron chi connectivity index (χ3n) is 5.65. The van der Waals surface area contributed by atoms with Gasteiger partial charge in [0.15, 0.2) is 0 Å². The van der Waals surface area contributed by atoms with Crippen LogP contribution in [-0.4, -0.2) is 44.7 Å². The summed E-state index contributed by atoms with van der Waals surface area (Å²) in [6.07, 6.45) is 4.16. The minimum Gasteiger partial charge on any atom is -0.481 e. The highest BCUT2D eigenvalue weighted by Gasteiger charge is 2.36. The van der Waals surface area contributed by atoms with Gasteiger partial charge in [0.25, 0.3) is 5.56 Å². The van der Waals surface area contributed by atoms with Gasteiger partial charge in [0, 0.05) is 61.2 Å². The van der Waals surface area contributed by atoms with Crippen LogP contribution in [-0.2, 0) is 6.54 Å². The molecule has 3 aromatic heterocycles. The second kappa shape index (κ2) is 6.84. The summed E-state index contributed by atoms with van der Waals surface area (Å²) in [5, 5.41) is 0. The Labute approximate surface area is 167 Å². The molecule has 2 aliphatic rings. The molecule has 3 aromatic rings. The predicted octanol–water partition coefficient (Wildman–Crippen LogP) is 1.31. The summed E-state index contributed by atoms with van der Waals surface area (Å²) in [6, 6.07) is 7.12. The van der Waals surface area contributed by atoms with E-state index in [1.54, 1.807) is 31.5 Å². The number of nitrogen functional groups attached to an aromatic ring is 1. The normalized spacial score (nSPS) is 20.2. The van der Waals surface area contributed by atoms with Gasteiger partial charge in [-0.25, -0.2) is 15.0 Å². The SMILES string of the molecule is COc1ccnc(N2C[C@@H]3C[C@H](C2)c2cc(-c4cc(N)ncn4)cc(=O)n2C3)n1. The lowest BCUT2D eigenvalue weighted by Crippen LogP contribution is -2.47. The first-order valence-electron chi connectivity index (χ1n) is 9.55. The van der Waals surface area contributed by atoms with Gasteiger partial charge >= 0.3 is 0 Å². The molecule has 1 fully saturated rings. The van der Waals surface area contributed by atoms with E-state index in [-0.39, 0.29) is 11.5 Å². The highest BCUT2D eigenvalue weighted by Crippen LogP contribution is 2.37. The van der Waals surface area contributed by atoms with Crippen LogP contribution in [0.2, 0.25) is 0 Å². The highest BCUT2D eigenvalue weighted by molar-refractivity contribution is 5.62. The van der Waals surface area contributed by atoms with Crippen LogP contribution in [0.1, 0.15) is 18.0 Å². The van der Waals surface area contributed by atoms with Gasteiger partial charge in [0.05, 0.1) is 12.8 Å². The third kappa shape index (κ3) is 3.18. The number of aromatic nitrogens is 5. The molecule has 2 N–H and O–H groups in total. The van der Waals surface area contributed by atoms with Crippen molar-refractivity contribution in [2.24, 2.45) is 5.92 Å². The number of hydrogen-bond acceptors (Lipinski definition) is 8. The lowest BCUT2D eigenvalue weighted by Gasteiger charge is -2.42. The number of anilines is 2. The van der Waals surface area contributed by atoms with Crippen LogP contribution in [0, 0.1) is 5.92 Å². The van der Waals surface area contributed by atoms with Gasteiger partial charge in [-0.1, -0.05) is 0 Å². The molecule has 0 spiro atoms. The van der Waals surface area contributed by atoms with Crippen molar-refractivity contribution >= 4 is 11.8 Å². The molecule has 148 valence electrons. The van der Waals surface area contributed by atoms with Gasteiger partial charge in [-0.2, -0.15) is 4.98 Å². The van der Waals surface area contributed by atoms with Crippen molar-refractivity contribution in [1.82, 2.24) is 24.5 Å². The summed E-state index contributed by atoms with van der Waals surface area (Å²) in [5.74, 6) is 2.17. The smallest absolute Gasteiger partial charge is 0.251 e. The molecule has 0 aromatic carbocycles. The first kappa shape index (κ1) is 17.6. The van der Waals surface area contributed by atoms with E-state index in [0.717, 1.165) is 30.8 Å². The maximum atomic E-state index is 12.8. The average molecular weight is 391 g/mol. The molecule has 29 heavy (non-hydrogen) atoms. The molecule has 2 aliphatic heterocycles. The Hall–Kier alpha value is -3.49. The Kier molecular flexibility index (Phi) is 4.15. The van der Waals surface area contributed by atoms with Crippen molar-refractivity contribution in [2.45, 2.75) is 18.9 Å². The van der Waals surface area contributed by atoms with Crippen LogP contribution in [0.5, 0.6) is 5.88 Å². The molecule has 0 radical (unpaired) electrons. The fourth-order valence-electron chi connectivity index (χ4n) is 4.40. The van der Waals surface area contributed by atoms with Crippen LogP contribution < -0.4 is 20.9 Å². The van der Waals surface area contributed by atoms with Crippen LogP contribution in [0.25, 0.3) is 11.3 Å². The Morgan fingerprint density at radius 2 is 2.03 bits per heavy atom. The Balaban J connectivity index is 1.52. The zero-order chi connectivity index (χ0) is 20.0. The molecule has 2 bridgehead atoms. The van der Waals surface area contributed by atoms with E-state index in [0.29, 0.717) is 35.8 Å². The zero-order valence-corrected chi connectivity index (χ0v) is 16.0. The topological polar surface area (TPSA) is 112 Å². The monoisotopic (exact) mass is 391 g/mol. The lowest BCUT2D eigenvalue weighted by atomic mass is 9.82. The number of nitrogens with two attached hydrogens (primary N) is 1. The van der Waals surface area contributed by atoms with Gasteiger partial charge in [-0.05, 0) is 18.4 Å². The van der Waals surface area contributed by atoms with E-state index in [4.69, 9.17) is 10.5 Å². The molecule has 0 amide bonds. The maximum absolute atomic E-state index is 12.8. The number of hydrogen-bond donors (Lipinski definition) is 1. The Morgan fingerprint density at radius 1 is 1.14 bits per heavy atom. The van der Waals surface area contributed by atoms with Crippen LogP contribution in [0.15, 0.2) is 41.6 Å². The number of rotatable bonds is 3. The van der Waals surface area contributed by atoms with Crippen molar-refractivity contribution in [2.75, 3.05) is 30.8 Å². The Morgan fingerprint density at radius 3 is 2.86 bits per heavy atom. The first-order chi connectivity index (χ1) is 14.1. The van der Waals surface area contributed by atoms with Gasteiger partial charge in [0.2, 0.25) is 11.8 Å². The molecule has 9 nitrogen and oxygen atoms in total. The second-order valence-electron chi connectivity index (χ2n) is 7.55. The number of piperidine rings is 1. The zero-order valence-electron chi connectivity index (χ0n) is 16.0. The maximum Gasteiger partial charge on any atom is 0.251 e. The summed E-state index contributed by atoms with van der Waals surface area (Å²) in [5.41, 5.74) is 8.23. The minimum absolute atomic E-state index is 0.00420. The van der Waals surface area contributed by atoms with Crippen molar-refractivity contribution in [3.05, 3.63) is 52.8 Å². The first-order valence-corrected chi connectivity index (χ1v) is 9.55. The quantitative estimate of drug-likeness (QED) is 0.711. The molecule has 1 saturated heterocycles. The molecule has 9 heteroatoms. The molecule has 0 aliphatic carbocycles. The van der Waals surface area contributed by atoms with Crippen molar-refractivity contribution < 1.29 is 4.74 Å². The van der Waals surface area contributed by atoms with E-state index >= 15 is 0 Å². The summed E-state index contributed by atoms with van der Waals surface area (Å²) < 4.78 is 7.14. The van der Waals surface area contributed by atoms with E-state index in [9.17, 15) is 4.79 Å². The van der Waals surface area contributed by atoms with Crippen LogP contribution in [0.4, 0.5) is 11.8 Å². The van der Waals surface area contributed by atoms with E-state index in [1.807, 2.05) is 4.57 Å². The molecular weight excluding hydrogens is 370 g/mol. The molecule has 2 atom stereocenters. The summed E-state index contributed by atoms with van der Waals surface area (Å²) in [6.45, 7) is 2.26. The molecular formula is C20H21N7O2. The van der Waals surface area contributed by atoms with Crippen molar-refractivity contribution in [3.8, 4) is 17.1 Å². The fourth-order valence-corrected chi connectivity index (χ4v) is 4.40. The van der Waals surface area contributed by atoms with E-state index in [2.05, 4.69) is 30.9 Å². The van der Waals surface area contributed by atoms with Gasteiger partial charge in [-0.3, -0.25) is 4.79 Å². The number of pyridine rings is 1. The number of nitrogens with zero attached hydrogens (tertiary/aromatic N) is 6. The standard InChI is InChI=1S/C20H21N7O2/c1-29-18-2-3-22-20(25-18)26-8-12-4-14(10-26)16-5-13(6-19(28)27(16)9-12)15-7-17(21)24-11-23-15/h2-3,5-7,11-12,14H,4,8-10H2,1H3,(H2,21,23,24)/t12-,14+/m0/s1. The molecule has 5 heterocycles. The summed E-state index contributed by atoms with van der Waals surface area (Å²) in [7, 11) is 1.60. The molecule has 5 rings (SSSR count). The van der Waals surface area contributed by atoms with Crippen molar-refractivity contribution in [3.63, 3.8) is 0 Å². The van der Waals surface area contributed by atoms with Gasteiger partial charge in [-0.15, -0.1) is 0 Å². The summed E-state index contributed by atoms with van der Waals surface area (Å²) in [4.78, 5) is 32.1. The molecule has 0 unspecified atom stereocenters. The van der Waals surface area contributed by atoms with Crippen LogP contribution in [0.3, 0.4) is 0 Å². The Bertz CT molecular complexity index is 1130. The summed E-state index contributed by atoms with van der Waals surface area (Å²) >= 11 is 0. The highest BCUT2D eigenvalue weighted by atomic mass is 16.5. The van der Waals surface area contributed by atoms with Crippen LogP contribution >= 0.6 is 0 Å². The van der Waals surface area contributed by atoms with E-state index in [1.165, 1.54) is 6.33 Å².